The van der Waals surface area contributed by atoms with E-state index >= 15 is 0 Å². The molecule has 0 fully saturated rings. The van der Waals surface area contributed by atoms with Crippen LogP contribution in [-0.4, -0.2) is 32.6 Å². The number of rotatable bonds is 5. The number of aromatic nitrogens is 3. The predicted octanol–water partition coefficient (Wildman–Crippen LogP) is 2.44. The molecule has 0 saturated carbocycles. The fourth-order valence-electron chi connectivity index (χ4n) is 1.98. The van der Waals surface area contributed by atoms with Crippen LogP contribution in [0.2, 0.25) is 0 Å². The number of carbonyl (C=O) groups is 1. The molecule has 0 aliphatic rings. The predicted molar refractivity (Wildman–Crippen MR) is 80.8 cm³/mol. The summed E-state index contributed by atoms with van der Waals surface area (Å²) in [5.41, 5.74) is 3.41. The summed E-state index contributed by atoms with van der Waals surface area (Å²) >= 11 is 1.55. The zero-order valence-electron chi connectivity index (χ0n) is 11.0. The Balaban J connectivity index is 1.87. The molecule has 0 radical (unpaired) electrons. The van der Waals surface area contributed by atoms with Crippen LogP contribution in [0, 0.1) is 0 Å². The Bertz CT molecular complexity index is 774. The first kappa shape index (κ1) is 13.4. The Morgan fingerprint density at radius 1 is 1.29 bits per heavy atom. The number of hydrogen-bond donors (Lipinski definition) is 2. The molecule has 0 aliphatic heterocycles. The van der Waals surface area contributed by atoms with Crippen molar-refractivity contribution in [1.82, 2.24) is 15.0 Å². The monoisotopic (exact) mass is 300 g/mol. The van der Waals surface area contributed by atoms with Crippen LogP contribution in [0.15, 0.2) is 35.2 Å². The molecule has 0 atom stereocenters. The van der Waals surface area contributed by atoms with Crippen molar-refractivity contribution in [2.75, 3.05) is 11.9 Å². The van der Waals surface area contributed by atoms with E-state index in [0.717, 1.165) is 17.5 Å². The largest absolute Gasteiger partial charge is 0.475 e. The minimum atomic E-state index is -1.14. The number of carboxylic acid groups (broad SMARTS) is 1. The summed E-state index contributed by atoms with van der Waals surface area (Å²) in [7, 11) is 0. The van der Waals surface area contributed by atoms with Crippen LogP contribution in [0.5, 0.6) is 0 Å². The van der Waals surface area contributed by atoms with E-state index in [2.05, 4.69) is 20.3 Å². The molecule has 6 nitrogen and oxygen atoms in total. The van der Waals surface area contributed by atoms with E-state index in [1.807, 2.05) is 23.6 Å². The number of para-hydroxylation sites is 1. The fraction of sp³-hybridized carbons (Fsp3) is 0.143. The third-order valence-corrected chi connectivity index (χ3v) is 3.59. The van der Waals surface area contributed by atoms with Gasteiger partial charge in [-0.2, -0.15) is 0 Å². The van der Waals surface area contributed by atoms with Crippen molar-refractivity contribution in [3.05, 3.63) is 46.7 Å². The molecule has 2 heterocycles. The van der Waals surface area contributed by atoms with Crippen molar-refractivity contribution in [2.45, 2.75) is 6.42 Å². The second-order valence-electron chi connectivity index (χ2n) is 4.37. The molecule has 3 rings (SSSR count). The fourth-order valence-corrected chi connectivity index (χ4v) is 2.57. The number of nitrogens with zero attached hydrogens (tertiary/aromatic N) is 3. The number of aromatic carboxylic acids is 1. The molecule has 106 valence electrons. The molecular formula is C14H12N4O2S. The molecule has 7 heteroatoms. The Morgan fingerprint density at radius 3 is 2.90 bits per heavy atom. The van der Waals surface area contributed by atoms with E-state index < -0.39 is 5.97 Å². The summed E-state index contributed by atoms with van der Waals surface area (Å²) in [6, 6.07) is 7.33. The summed E-state index contributed by atoms with van der Waals surface area (Å²) in [6.45, 7) is 0.629. The summed E-state index contributed by atoms with van der Waals surface area (Å²) in [4.78, 5) is 23.4. The van der Waals surface area contributed by atoms with Gasteiger partial charge in [0.25, 0.3) is 0 Å². The highest BCUT2D eigenvalue weighted by Gasteiger charge is 2.12. The summed E-state index contributed by atoms with van der Waals surface area (Å²) in [5, 5.41) is 15.0. The molecule has 0 aliphatic carbocycles. The quantitative estimate of drug-likeness (QED) is 0.752. The molecule has 0 bridgehead atoms. The van der Waals surface area contributed by atoms with Gasteiger partial charge in [0.2, 0.25) is 5.82 Å². The highest BCUT2D eigenvalue weighted by atomic mass is 32.1. The highest BCUT2D eigenvalue weighted by Crippen LogP contribution is 2.20. The standard InChI is InChI=1S/C14H12N4O2S/c19-14(20)13-17-11-4-2-1-3-10(11)12(18-13)15-6-5-9-7-21-8-16-9/h1-4,7-8H,5-6H2,(H,19,20)(H,15,17,18). The van der Waals surface area contributed by atoms with Gasteiger partial charge in [0.1, 0.15) is 5.82 Å². The van der Waals surface area contributed by atoms with Gasteiger partial charge < -0.3 is 10.4 Å². The van der Waals surface area contributed by atoms with Gasteiger partial charge in [0, 0.05) is 23.7 Å². The van der Waals surface area contributed by atoms with E-state index in [0.29, 0.717) is 17.9 Å². The second-order valence-corrected chi connectivity index (χ2v) is 5.09. The second kappa shape index (κ2) is 5.84. The van der Waals surface area contributed by atoms with E-state index in [1.54, 1.807) is 22.9 Å². The summed E-state index contributed by atoms with van der Waals surface area (Å²) < 4.78 is 0. The zero-order chi connectivity index (χ0) is 14.7. The summed E-state index contributed by atoms with van der Waals surface area (Å²) in [6.07, 6.45) is 0.754. The average molecular weight is 300 g/mol. The third-order valence-electron chi connectivity index (χ3n) is 2.95. The number of thiazole rings is 1. The molecule has 0 saturated heterocycles. The number of anilines is 1. The van der Waals surface area contributed by atoms with Crippen LogP contribution < -0.4 is 5.32 Å². The van der Waals surface area contributed by atoms with Gasteiger partial charge in [-0.15, -0.1) is 11.3 Å². The summed E-state index contributed by atoms with van der Waals surface area (Å²) in [5.74, 6) is -0.804. The molecule has 2 N–H and O–H groups in total. The number of fused-ring (bicyclic) bond motifs is 1. The van der Waals surface area contributed by atoms with Gasteiger partial charge in [-0.25, -0.2) is 19.7 Å². The topological polar surface area (TPSA) is 88.0 Å². The maximum Gasteiger partial charge on any atom is 0.374 e. The lowest BCUT2D eigenvalue weighted by Gasteiger charge is -2.08. The Morgan fingerprint density at radius 2 is 2.14 bits per heavy atom. The third kappa shape index (κ3) is 2.97. The molecule has 1 aromatic carbocycles. The smallest absolute Gasteiger partial charge is 0.374 e. The van der Waals surface area contributed by atoms with Gasteiger partial charge in [0.15, 0.2) is 0 Å². The van der Waals surface area contributed by atoms with Crippen LogP contribution in [0.25, 0.3) is 10.9 Å². The molecule has 0 spiro atoms. The normalized spacial score (nSPS) is 10.7. The number of carboxylic acids is 1. The number of benzene rings is 1. The molecule has 21 heavy (non-hydrogen) atoms. The maximum atomic E-state index is 11.1. The number of nitrogens with one attached hydrogen (secondary N) is 1. The van der Waals surface area contributed by atoms with E-state index in [1.165, 1.54) is 0 Å². The van der Waals surface area contributed by atoms with E-state index in [9.17, 15) is 4.79 Å². The van der Waals surface area contributed by atoms with Crippen molar-refractivity contribution in [3.63, 3.8) is 0 Å². The maximum absolute atomic E-state index is 11.1. The lowest BCUT2D eigenvalue weighted by Crippen LogP contribution is -2.11. The molecule has 0 amide bonds. The molecule has 0 unspecified atom stereocenters. The van der Waals surface area contributed by atoms with Crippen LogP contribution in [0.3, 0.4) is 0 Å². The van der Waals surface area contributed by atoms with Crippen molar-refractivity contribution in [1.29, 1.82) is 0 Å². The molecule has 3 aromatic rings. The highest BCUT2D eigenvalue weighted by molar-refractivity contribution is 7.07. The number of hydrogen-bond acceptors (Lipinski definition) is 6. The first-order valence-corrected chi connectivity index (χ1v) is 7.29. The lowest BCUT2D eigenvalue weighted by molar-refractivity contribution is 0.0684. The van der Waals surface area contributed by atoms with Crippen LogP contribution in [0.4, 0.5) is 5.82 Å². The van der Waals surface area contributed by atoms with Gasteiger partial charge >= 0.3 is 5.97 Å². The van der Waals surface area contributed by atoms with E-state index in [-0.39, 0.29) is 5.82 Å². The lowest BCUT2D eigenvalue weighted by atomic mass is 10.2. The minimum absolute atomic E-state index is 0.204. The first-order valence-electron chi connectivity index (χ1n) is 6.35. The van der Waals surface area contributed by atoms with Crippen LogP contribution in [0.1, 0.15) is 16.3 Å². The Hall–Kier alpha value is -2.54. The van der Waals surface area contributed by atoms with Crippen LogP contribution in [-0.2, 0) is 6.42 Å². The van der Waals surface area contributed by atoms with Gasteiger partial charge in [0.05, 0.1) is 16.7 Å². The van der Waals surface area contributed by atoms with Crippen molar-refractivity contribution >= 4 is 34.0 Å². The average Bonchev–Trinajstić information content (AvgIpc) is 3.00. The first-order chi connectivity index (χ1) is 10.2. The van der Waals surface area contributed by atoms with Crippen LogP contribution >= 0.6 is 11.3 Å². The van der Waals surface area contributed by atoms with Crippen molar-refractivity contribution in [3.8, 4) is 0 Å². The van der Waals surface area contributed by atoms with Gasteiger partial charge in [-0.3, -0.25) is 0 Å². The molecular weight excluding hydrogens is 288 g/mol. The van der Waals surface area contributed by atoms with E-state index in [4.69, 9.17) is 5.11 Å². The van der Waals surface area contributed by atoms with Gasteiger partial charge in [-0.1, -0.05) is 12.1 Å². The SMILES string of the molecule is O=C(O)c1nc(NCCc2cscn2)c2ccccc2n1. The minimum Gasteiger partial charge on any atom is -0.475 e. The molecule has 2 aromatic heterocycles. The zero-order valence-corrected chi connectivity index (χ0v) is 11.8. The van der Waals surface area contributed by atoms with Crippen molar-refractivity contribution in [2.24, 2.45) is 0 Å². The Labute approximate surface area is 124 Å². The van der Waals surface area contributed by atoms with Gasteiger partial charge in [-0.05, 0) is 12.1 Å². The Kier molecular flexibility index (Phi) is 3.74. The van der Waals surface area contributed by atoms with Crippen molar-refractivity contribution < 1.29 is 9.90 Å².